The second-order valence-electron chi connectivity index (χ2n) is 8.49. The molecule has 1 N–H and O–H groups in total. The van der Waals surface area contributed by atoms with E-state index in [1.807, 2.05) is 49.4 Å². The van der Waals surface area contributed by atoms with Crippen LogP contribution in [0.15, 0.2) is 42.5 Å². The van der Waals surface area contributed by atoms with Gasteiger partial charge in [0.05, 0.1) is 26.2 Å². The topological polar surface area (TPSA) is 86.3 Å². The largest absolute Gasteiger partial charge is 0.497 e. The number of fused-ring (bicyclic) bond motifs is 1. The van der Waals surface area contributed by atoms with Gasteiger partial charge in [0, 0.05) is 25.0 Å². The molecule has 1 fully saturated rings. The Morgan fingerprint density at radius 2 is 1.79 bits per heavy atom. The molecule has 0 aliphatic carbocycles. The van der Waals surface area contributed by atoms with Crippen molar-refractivity contribution in [1.29, 1.82) is 0 Å². The van der Waals surface area contributed by atoms with Gasteiger partial charge in [-0.2, -0.15) is 0 Å². The lowest BCUT2D eigenvalue weighted by Gasteiger charge is -2.28. The second kappa shape index (κ2) is 10.8. The molecule has 0 radical (unpaired) electrons. The third-order valence-corrected chi connectivity index (χ3v) is 6.36. The summed E-state index contributed by atoms with van der Waals surface area (Å²) in [5, 5.41) is 2.95. The first-order valence-corrected chi connectivity index (χ1v) is 11.8. The summed E-state index contributed by atoms with van der Waals surface area (Å²) in [4.78, 5) is 28.1. The Morgan fingerprint density at radius 3 is 2.50 bits per heavy atom. The quantitative estimate of drug-likeness (QED) is 0.565. The molecule has 8 nitrogen and oxygen atoms in total. The number of rotatable bonds is 9. The van der Waals surface area contributed by atoms with Crippen LogP contribution in [-0.4, -0.2) is 56.9 Å². The maximum Gasteiger partial charge on any atom is 0.311 e. The number of nitrogens with one attached hydrogen (secondary N) is 1. The first-order valence-electron chi connectivity index (χ1n) is 11.8. The molecule has 2 heterocycles. The highest BCUT2D eigenvalue weighted by Crippen LogP contribution is 2.48. The summed E-state index contributed by atoms with van der Waals surface area (Å²) in [6.07, 6.45) is 0.860. The number of likely N-dealkylation sites (tertiary alicyclic amines) is 1. The van der Waals surface area contributed by atoms with Crippen LogP contribution in [0.5, 0.6) is 17.2 Å². The fourth-order valence-electron chi connectivity index (χ4n) is 4.80. The van der Waals surface area contributed by atoms with Gasteiger partial charge >= 0.3 is 5.97 Å². The van der Waals surface area contributed by atoms with Crippen LogP contribution in [-0.2, 0) is 14.3 Å². The first-order chi connectivity index (χ1) is 16.5. The van der Waals surface area contributed by atoms with Crippen molar-refractivity contribution in [2.75, 3.05) is 40.1 Å². The molecule has 0 bridgehead atoms. The Kier molecular flexibility index (Phi) is 7.57. The van der Waals surface area contributed by atoms with Gasteiger partial charge in [-0.1, -0.05) is 25.1 Å². The predicted octanol–water partition coefficient (Wildman–Crippen LogP) is 3.27. The number of nitrogens with zero attached hydrogens (tertiary/aromatic N) is 1. The van der Waals surface area contributed by atoms with Crippen molar-refractivity contribution in [3.63, 3.8) is 0 Å². The van der Waals surface area contributed by atoms with Crippen molar-refractivity contribution in [3.8, 4) is 17.2 Å². The Hall–Kier alpha value is -3.26. The summed E-state index contributed by atoms with van der Waals surface area (Å²) in [5.74, 6) is 1.08. The number of methoxy groups -OCH3 is 1. The van der Waals surface area contributed by atoms with Crippen LogP contribution in [0.3, 0.4) is 0 Å². The van der Waals surface area contributed by atoms with Crippen LogP contribution < -0.4 is 19.5 Å². The normalized spacial score (nSPS) is 21.3. The summed E-state index contributed by atoms with van der Waals surface area (Å²) < 4.78 is 21.9. The van der Waals surface area contributed by atoms with E-state index in [4.69, 9.17) is 18.9 Å². The number of ether oxygens (including phenoxy) is 4. The van der Waals surface area contributed by atoms with E-state index < -0.39 is 5.92 Å². The van der Waals surface area contributed by atoms with Crippen LogP contribution >= 0.6 is 0 Å². The Bertz CT molecular complexity index is 1010. The fourth-order valence-corrected chi connectivity index (χ4v) is 4.80. The lowest BCUT2D eigenvalue weighted by Crippen LogP contribution is -2.38. The average Bonchev–Trinajstić information content (AvgIpc) is 3.47. The SMILES string of the molecule is CCCNC(=O)CN1CC(c2ccc3c(c2)OCO3)[C@H](C(=O)OCC)C1c1ccc(OC)cc1. The van der Waals surface area contributed by atoms with Crippen LogP contribution in [0, 0.1) is 5.92 Å². The highest BCUT2D eigenvalue weighted by atomic mass is 16.7. The van der Waals surface area contributed by atoms with E-state index in [9.17, 15) is 9.59 Å². The van der Waals surface area contributed by atoms with Crippen LogP contribution in [0.25, 0.3) is 0 Å². The zero-order chi connectivity index (χ0) is 24.1. The molecule has 0 spiro atoms. The molecule has 0 saturated carbocycles. The summed E-state index contributed by atoms with van der Waals surface area (Å²) in [5.41, 5.74) is 1.89. The maximum absolute atomic E-state index is 13.3. The van der Waals surface area contributed by atoms with Crippen molar-refractivity contribution < 1.29 is 28.5 Å². The molecule has 182 valence electrons. The van der Waals surface area contributed by atoms with Crippen molar-refractivity contribution in [2.45, 2.75) is 32.2 Å². The molecule has 2 aliphatic rings. The van der Waals surface area contributed by atoms with Crippen LogP contribution in [0.4, 0.5) is 0 Å². The van der Waals surface area contributed by atoms with E-state index in [0.717, 1.165) is 23.3 Å². The number of esters is 1. The minimum atomic E-state index is -0.493. The second-order valence-corrected chi connectivity index (χ2v) is 8.49. The maximum atomic E-state index is 13.3. The third kappa shape index (κ3) is 4.97. The Labute approximate surface area is 200 Å². The molecule has 1 saturated heterocycles. The number of hydrogen-bond acceptors (Lipinski definition) is 7. The van der Waals surface area contributed by atoms with Gasteiger partial charge in [0.2, 0.25) is 12.7 Å². The molecular weight excluding hydrogens is 436 g/mol. The van der Waals surface area contributed by atoms with Gasteiger partial charge in [-0.15, -0.1) is 0 Å². The van der Waals surface area contributed by atoms with E-state index >= 15 is 0 Å². The van der Waals surface area contributed by atoms with Crippen molar-refractivity contribution in [1.82, 2.24) is 10.2 Å². The van der Waals surface area contributed by atoms with Gasteiger partial charge in [-0.05, 0) is 48.7 Å². The number of hydrogen-bond donors (Lipinski definition) is 1. The van der Waals surface area contributed by atoms with Crippen molar-refractivity contribution in [2.24, 2.45) is 5.92 Å². The van der Waals surface area contributed by atoms with E-state index in [1.165, 1.54) is 0 Å². The minimum Gasteiger partial charge on any atom is -0.497 e. The molecule has 2 aromatic rings. The summed E-state index contributed by atoms with van der Waals surface area (Å²) >= 11 is 0. The zero-order valence-electron chi connectivity index (χ0n) is 19.9. The first kappa shape index (κ1) is 23.9. The molecule has 4 rings (SSSR count). The molecule has 34 heavy (non-hydrogen) atoms. The van der Waals surface area contributed by atoms with E-state index in [1.54, 1.807) is 14.0 Å². The van der Waals surface area contributed by atoms with Crippen LogP contribution in [0.2, 0.25) is 0 Å². The molecule has 8 heteroatoms. The van der Waals surface area contributed by atoms with Gasteiger partial charge in [-0.25, -0.2) is 0 Å². The highest BCUT2D eigenvalue weighted by Gasteiger charge is 2.48. The predicted molar refractivity (Wildman–Crippen MR) is 126 cm³/mol. The number of carbonyl (C=O) groups is 2. The van der Waals surface area contributed by atoms with Crippen LogP contribution in [0.1, 0.15) is 43.4 Å². The van der Waals surface area contributed by atoms with Gasteiger partial charge in [0.25, 0.3) is 0 Å². The third-order valence-electron chi connectivity index (χ3n) is 6.36. The molecular formula is C26H32N2O6. The molecule has 3 atom stereocenters. The summed E-state index contributed by atoms with van der Waals surface area (Å²) in [6.45, 7) is 5.63. The smallest absolute Gasteiger partial charge is 0.311 e. The summed E-state index contributed by atoms with van der Waals surface area (Å²) in [6, 6.07) is 13.1. The summed E-state index contributed by atoms with van der Waals surface area (Å²) in [7, 11) is 1.62. The van der Waals surface area contributed by atoms with Gasteiger partial charge in [0.1, 0.15) is 5.75 Å². The standard InChI is InChI=1S/C26H32N2O6/c1-4-12-27-23(29)15-28-14-20(18-8-11-21-22(13-18)34-16-33-21)24(26(30)32-5-2)25(28)17-6-9-19(31-3)10-7-17/h6-11,13,20,24-25H,4-5,12,14-16H2,1-3H3,(H,27,29)/t20?,24-,25?/m0/s1. The molecule has 2 aromatic carbocycles. The number of benzene rings is 2. The average molecular weight is 469 g/mol. The Morgan fingerprint density at radius 1 is 1.06 bits per heavy atom. The van der Waals surface area contributed by atoms with Gasteiger partial charge < -0.3 is 24.3 Å². The molecule has 2 unspecified atom stereocenters. The van der Waals surface area contributed by atoms with E-state index in [2.05, 4.69) is 10.2 Å². The number of carbonyl (C=O) groups excluding carboxylic acids is 2. The van der Waals surface area contributed by atoms with E-state index in [0.29, 0.717) is 24.6 Å². The van der Waals surface area contributed by atoms with E-state index in [-0.39, 0.29) is 43.8 Å². The minimum absolute atomic E-state index is 0.0608. The zero-order valence-corrected chi connectivity index (χ0v) is 19.9. The lowest BCUT2D eigenvalue weighted by molar-refractivity contribution is -0.149. The molecule has 2 aliphatic heterocycles. The number of amides is 1. The van der Waals surface area contributed by atoms with Gasteiger partial charge in [0.15, 0.2) is 11.5 Å². The van der Waals surface area contributed by atoms with Crippen molar-refractivity contribution >= 4 is 11.9 Å². The molecule has 0 aromatic heterocycles. The fraction of sp³-hybridized carbons (Fsp3) is 0.462. The Balaban J connectivity index is 1.72. The monoisotopic (exact) mass is 468 g/mol. The lowest BCUT2D eigenvalue weighted by atomic mass is 9.82. The highest BCUT2D eigenvalue weighted by molar-refractivity contribution is 5.79. The van der Waals surface area contributed by atoms with Gasteiger partial charge in [-0.3, -0.25) is 14.5 Å². The molecule has 1 amide bonds. The van der Waals surface area contributed by atoms with Crippen molar-refractivity contribution in [3.05, 3.63) is 53.6 Å².